The summed E-state index contributed by atoms with van der Waals surface area (Å²) >= 11 is 1.36. The number of carbonyl (C=O) groups is 2. The maximum atomic E-state index is 12.6. The van der Waals surface area contributed by atoms with Gasteiger partial charge in [0.25, 0.3) is 5.56 Å². The van der Waals surface area contributed by atoms with Gasteiger partial charge in [-0.25, -0.2) is 9.78 Å². The van der Waals surface area contributed by atoms with Crippen LogP contribution in [0.3, 0.4) is 0 Å². The Kier molecular flexibility index (Phi) is 4.66. The Labute approximate surface area is 142 Å². The van der Waals surface area contributed by atoms with Gasteiger partial charge in [0.2, 0.25) is 5.82 Å². The number of aromatic amines is 1. The molecule has 1 atom stereocenters. The molecule has 7 nitrogen and oxygen atoms in total. The molecule has 0 amide bonds. The number of nitrogens with one attached hydrogen (secondary N) is 1. The van der Waals surface area contributed by atoms with Crippen molar-refractivity contribution in [1.29, 1.82) is 0 Å². The minimum atomic E-state index is -0.662. The number of hydrogen-bond donors (Lipinski definition) is 1. The van der Waals surface area contributed by atoms with Gasteiger partial charge in [-0.15, -0.1) is 11.3 Å². The number of aromatic nitrogens is 2. The molecule has 2 heterocycles. The molecule has 2 aromatic rings. The molecule has 1 aliphatic carbocycles. The van der Waals surface area contributed by atoms with Gasteiger partial charge in [0.15, 0.2) is 0 Å². The van der Waals surface area contributed by atoms with E-state index in [0.717, 1.165) is 24.1 Å². The fourth-order valence-corrected chi connectivity index (χ4v) is 4.36. The Morgan fingerprint density at radius 3 is 2.88 bits per heavy atom. The smallest absolute Gasteiger partial charge is 0.374 e. The normalized spacial score (nSPS) is 17.2. The van der Waals surface area contributed by atoms with Crippen LogP contribution in [0.1, 0.15) is 53.2 Å². The van der Waals surface area contributed by atoms with Gasteiger partial charge >= 0.3 is 11.9 Å². The van der Waals surface area contributed by atoms with Crippen LogP contribution in [0.5, 0.6) is 0 Å². The molecular weight excluding hydrogens is 332 g/mol. The first kappa shape index (κ1) is 16.6. The zero-order valence-electron chi connectivity index (χ0n) is 13.5. The molecule has 0 saturated carbocycles. The van der Waals surface area contributed by atoms with E-state index in [1.165, 1.54) is 18.4 Å². The molecule has 8 heteroatoms. The molecule has 0 radical (unpaired) electrons. The van der Waals surface area contributed by atoms with E-state index in [2.05, 4.69) is 9.97 Å². The molecule has 0 saturated heterocycles. The minimum absolute atomic E-state index is 0.111. The highest BCUT2D eigenvalue weighted by Crippen LogP contribution is 2.39. The standard InChI is InChI=1S/C16H18N2O5S/c1-3-23-16(21)12-17-13(19)11-10-8(15(20)22-2)6-4-5-7-9(10)24-14(11)18-12/h8H,3-7H2,1-2H3,(H,17,18,19). The Morgan fingerprint density at radius 1 is 1.38 bits per heavy atom. The molecule has 1 unspecified atom stereocenters. The maximum absolute atomic E-state index is 12.6. The Balaban J connectivity index is 2.19. The zero-order chi connectivity index (χ0) is 17.3. The van der Waals surface area contributed by atoms with E-state index in [1.807, 2.05) is 0 Å². The van der Waals surface area contributed by atoms with Crippen LogP contribution >= 0.6 is 11.3 Å². The lowest BCUT2D eigenvalue weighted by molar-refractivity contribution is -0.142. The number of thiophene rings is 1. The van der Waals surface area contributed by atoms with Gasteiger partial charge in [-0.3, -0.25) is 9.59 Å². The number of rotatable bonds is 3. The van der Waals surface area contributed by atoms with E-state index in [0.29, 0.717) is 22.2 Å². The minimum Gasteiger partial charge on any atom is -0.469 e. The van der Waals surface area contributed by atoms with Crippen molar-refractivity contribution in [1.82, 2.24) is 9.97 Å². The van der Waals surface area contributed by atoms with E-state index < -0.39 is 17.4 Å². The monoisotopic (exact) mass is 350 g/mol. The van der Waals surface area contributed by atoms with Gasteiger partial charge in [0, 0.05) is 4.88 Å². The molecule has 2 aromatic heterocycles. The maximum Gasteiger partial charge on any atom is 0.374 e. The van der Waals surface area contributed by atoms with Crippen LogP contribution in [0.25, 0.3) is 10.2 Å². The van der Waals surface area contributed by atoms with Gasteiger partial charge < -0.3 is 14.5 Å². The Morgan fingerprint density at radius 2 is 2.17 bits per heavy atom. The molecule has 24 heavy (non-hydrogen) atoms. The molecule has 0 aromatic carbocycles. The van der Waals surface area contributed by atoms with Crippen molar-refractivity contribution in [2.24, 2.45) is 0 Å². The summed E-state index contributed by atoms with van der Waals surface area (Å²) in [6.07, 6.45) is 3.27. The van der Waals surface area contributed by atoms with E-state index >= 15 is 0 Å². The average Bonchev–Trinajstić information content (AvgIpc) is 2.81. The third-order valence-electron chi connectivity index (χ3n) is 4.13. The Hall–Kier alpha value is -2.22. The molecule has 3 rings (SSSR count). The van der Waals surface area contributed by atoms with Crippen molar-refractivity contribution in [3.05, 3.63) is 26.6 Å². The predicted molar refractivity (Wildman–Crippen MR) is 88.5 cm³/mol. The topological polar surface area (TPSA) is 98.4 Å². The number of ether oxygens (including phenoxy) is 2. The highest BCUT2D eigenvalue weighted by molar-refractivity contribution is 7.18. The van der Waals surface area contributed by atoms with Crippen LogP contribution in [-0.4, -0.2) is 35.6 Å². The first-order chi connectivity index (χ1) is 11.6. The summed E-state index contributed by atoms with van der Waals surface area (Å²) in [7, 11) is 1.35. The van der Waals surface area contributed by atoms with E-state index in [1.54, 1.807) is 6.92 Å². The summed E-state index contributed by atoms with van der Waals surface area (Å²) in [6, 6.07) is 0. The van der Waals surface area contributed by atoms with Crippen molar-refractivity contribution in [3.8, 4) is 0 Å². The molecule has 1 N–H and O–H groups in total. The fraction of sp³-hybridized carbons (Fsp3) is 0.500. The molecular formula is C16H18N2O5S. The van der Waals surface area contributed by atoms with Crippen LogP contribution < -0.4 is 5.56 Å². The second-order valence-electron chi connectivity index (χ2n) is 5.58. The molecule has 0 spiro atoms. The summed E-state index contributed by atoms with van der Waals surface area (Å²) in [5.41, 5.74) is 0.292. The van der Waals surface area contributed by atoms with E-state index in [9.17, 15) is 14.4 Å². The summed E-state index contributed by atoms with van der Waals surface area (Å²) in [5, 5.41) is 0.389. The van der Waals surface area contributed by atoms with E-state index in [4.69, 9.17) is 9.47 Å². The van der Waals surface area contributed by atoms with Crippen molar-refractivity contribution in [2.75, 3.05) is 13.7 Å². The van der Waals surface area contributed by atoms with Gasteiger partial charge in [0.05, 0.1) is 25.0 Å². The van der Waals surface area contributed by atoms with Crippen LogP contribution in [-0.2, 0) is 20.7 Å². The number of fused-ring (bicyclic) bond motifs is 3. The quantitative estimate of drug-likeness (QED) is 0.673. The number of esters is 2. The lowest BCUT2D eigenvalue weighted by Crippen LogP contribution is -2.20. The summed E-state index contributed by atoms with van der Waals surface area (Å²) in [6.45, 7) is 1.88. The number of nitrogens with zero attached hydrogens (tertiary/aromatic N) is 1. The molecule has 128 valence electrons. The number of carbonyl (C=O) groups excluding carboxylic acids is 2. The van der Waals surface area contributed by atoms with Crippen molar-refractivity contribution < 1.29 is 19.1 Å². The first-order valence-corrected chi connectivity index (χ1v) is 8.69. The van der Waals surface area contributed by atoms with Crippen LogP contribution in [0.15, 0.2) is 4.79 Å². The van der Waals surface area contributed by atoms with Crippen molar-refractivity contribution in [2.45, 2.75) is 38.5 Å². The number of methoxy groups -OCH3 is 1. The lowest BCUT2D eigenvalue weighted by Gasteiger charge is -2.12. The van der Waals surface area contributed by atoms with E-state index in [-0.39, 0.29) is 18.4 Å². The van der Waals surface area contributed by atoms with Gasteiger partial charge in [-0.05, 0) is 31.7 Å². The van der Waals surface area contributed by atoms with Gasteiger partial charge in [0.1, 0.15) is 4.83 Å². The second-order valence-corrected chi connectivity index (χ2v) is 6.66. The van der Waals surface area contributed by atoms with Crippen LogP contribution in [0.4, 0.5) is 0 Å². The highest BCUT2D eigenvalue weighted by Gasteiger charge is 2.31. The number of hydrogen-bond acceptors (Lipinski definition) is 7. The Bertz CT molecular complexity index is 854. The summed E-state index contributed by atoms with van der Waals surface area (Å²) in [4.78, 5) is 44.7. The second kappa shape index (κ2) is 6.72. The van der Waals surface area contributed by atoms with Crippen LogP contribution in [0.2, 0.25) is 0 Å². The van der Waals surface area contributed by atoms with Gasteiger partial charge in [-0.2, -0.15) is 0 Å². The van der Waals surface area contributed by atoms with Crippen molar-refractivity contribution in [3.63, 3.8) is 0 Å². The number of H-pyrrole nitrogens is 1. The zero-order valence-corrected chi connectivity index (χ0v) is 14.3. The highest BCUT2D eigenvalue weighted by atomic mass is 32.1. The molecule has 0 aliphatic heterocycles. The summed E-state index contributed by atoms with van der Waals surface area (Å²) in [5.74, 6) is -1.57. The third kappa shape index (κ3) is 2.82. The largest absolute Gasteiger partial charge is 0.469 e. The fourth-order valence-electron chi connectivity index (χ4n) is 3.08. The third-order valence-corrected chi connectivity index (χ3v) is 5.28. The molecule has 0 fully saturated rings. The SMILES string of the molecule is CCOC(=O)c1nc2sc3c(c2c(=O)[nH]1)C(C(=O)OC)CCCC3. The van der Waals surface area contributed by atoms with Crippen LogP contribution in [0, 0.1) is 0 Å². The van der Waals surface area contributed by atoms with Gasteiger partial charge in [-0.1, -0.05) is 6.42 Å². The lowest BCUT2D eigenvalue weighted by atomic mass is 9.94. The molecule has 0 bridgehead atoms. The first-order valence-electron chi connectivity index (χ1n) is 7.87. The number of aryl methyl sites for hydroxylation is 1. The summed E-state index contributed by atoms with van der Waals surface area (Å²) < 4.78 is 9.80. The van der Waals surface area contributed by atoms with Crippen molar-refractivity contribution >= 4 is 33.5 Å². The predicted octanol–water partition coefficient (Wildman–Crippen LogP) is 2.14. The molecule has 1 aliphatic rings. The average molecular weight is 350 g/mol.